The third-order valence-corrected chi connectivity index (χ3v) is 4.07. The fourth-order valence-corrected chi connectivity index (χ4v) is 2.52. The van der Waals surface area contributed by atoms with Gasteiger partial charge in [0.15, 0.2) is 0 Å². The quantitative estimate of drug-likeness (QED) is 0.483. The molecule has 0 bridgehead atoms. The summed E-state index contributed by atoms with van der Waals surface area (Å²) in [7, 11) is 0. The molecule has 1 aromatic heterocycles. The van der Waals surface area contributed by atoms with Crippen molar-refractivity contribution in [3.05, 3.63) is 18.2 Å². The van der Waals surface area contributed by atoms with Gasteiger partial charge in [0.25, 0.3) is 0 Å². The molecule has 3 unspecified atom stereocenters. The monoisotopic (exact) mass is 367 g/mol. The second kappa shape index (κ2) is 9.44. The first-order valence-electron chi connectivity index (χ1n) is 8.64. The van der Waals surface area contributed by atoms with Crippen molar-refractivity contribution in [2.45, 2.75) is 58.7 Å². The fourth-order valence-electron chi connectivity index (χ4n) is 2.52. The number of aliphatic carboxylic acids is 1. The number of carbonyl (C=O) groups excluding carboxylic acids is 2. The van der Waals surface area contributed by atoms with E-state index in [0.717, 1.165) is 4.90 Å². The van der Waals surface area contributed by atoms with Gasteiger partial charge in [-0.15, -0.1) is 0 Å². The van der Waals surface area contributed by atoms with Crippen LogP contribution in [0.2, 0.25) is 0 Å². The summed E-state index contributed by atoms with van der Waals surface area (Å²) in [6.45, 7) is 7.09. The van der Waals surface area contributed by atoms with Crippen molar-refractivity contribution < 1.29 is 19.5 Å². The van der Waals surface area contributed by atoms with Crippen molar-refractivity contribution in [1.29, 1.82) is 0 Å². The number of nitrogens with zero attached hydrogens (tertiary/aromatic N) is 2. The average molecular weight is 367 g/mol. The predicted molar refractivity (Wildman–Crippen MR) is 95.8 cm³/mol. The minimum atomic E-state index is -1.31. The molecule has 0 aliphatic carbocycles. The largest absolute Gasteiger partial charge is 0.480 e. The number of nitrogens with two attached hydrogens (primary N) is 2. The number of aromatic nitrogens is 2. The zero-order chi connectivity index (χ0) is 20.0. The zero-order valence-electron chi connectivity index (χ0n) is 15.7. The summed E-state index contributed by atoms with van der Waals surface area (Å²) in [6.07, 6.45) is 3.23. The van der Waals surface area contributed by atoms with E-state index in [1.54, 1.807) is 20.0 Å². The van der Waals surface area contributed by atoms with Crippen LogP contribution < -0.4 is 11.5 Å². The van der Waals surface area contributed by atoms with Gasteiger partial charge in [0.2, 0.25) is 11.8 Å². The third-order valence-electron chi connectivity index (χ3n) is 4.07. The van der Waals surface area contributed by atoms with Gasteiger partial charge in [-0.1, -0.05) is 27.7 Å². The maximum absolute atomic E-state index is 12.9. The summed E-state index contributed by atoms with van der Waals surface area (Å²) in [5.41, 5.74) is 12.4. The van der Waals surface area contributed by atoms with E-state index < -0.39 is 35.9 Å². The molecule has 0 aliphatic rings. The van der Waals surface area contributed by atoms with E-state index in [1.807, 2.05) is 13.8 Å². The van der Waals surface area contributed by atoms with Gasteiger partial charge in [-0.3, -0.25) is 14.5 Å². The number of carboxylic acid groups (broad SMARTS) is 1. The Morgan fingerprint density at radius 3 is 2.23 bits per heavy atom. The number of amides is 2. The Kier molecular flexibility index (Phi) is 7.91. The van der Waals surface area contributed by atoms with E-state index in [1.165, 1.54) is 6.33 Å². The van der Waals surface area contributed by atoms with Crippen LogP contribution in [0.4, 0.5) is 0 Å². The van der Waals surface area contributed by atoms with Crippen molar-refractivity contribution in [2.75, 3.05) is 0 Å². The van der Waals surface area contributed by atoms with Crippen molar-refractivity contribution in [2.24, 2.45) is 23.3 Å². The fraction of sp³-hybridized carbons (Fsp3) is 0.647. The first kappa shape index (κ1) is 21.8. The molecule has 9 heteroatoms. The van der Waals surface area contributed by atoms with E-state index in [2.05, 4.69) is 9.97 Å². The van der Waals surface area contributed by atoms with Gasteiger partial charge in [0.05, 0.1) is 24.1 Å². The van der Waals surface area contributed by atoms with Crippen molar-refractivity contribution >= 4 is 17.8 Å². The highest BCUT2D eigenvalue weighted by molar-refractivity contribution is 6.03. The van der Waals surface area contributed by atoms with Crippen LogP contribution in [-0.4, -0.2) is 55.9 Å². The third kappa shape index (κ3) is 5.63. The van der Waals surface area contributed by atoms with Gasteiger partial charge >= 0.3 is 5.97 Å². The molecule has 2 amide bonds. The van der Waals surface area contributed by atoms with Crippen LogP contribution in [0.3, 0.4) is 0 Å². The lowest BCUT2D eigenvalue weighted by Gasteiger charge is -2.33. The second-order valence-electron chi connectivity index (χ2n) is 7.17. The molecular weight excluding hydrogens is 338 g/mol. The standard InChI is InChI=1S/C17H29N5O4/c1-9(2)5-13(17(25)26)22(16(24)14(19)10(3)4)15(23)12(18)6-11-7-20-8-21-11/h7-10,12-14H,5-6,18-19H2,1-4H3,(H,20,21)(H,25,26). The topological polar surface area (TPSA) is 155 Å². The van der Waals surface area contributed by atoms with Crippen LogP contribution >= 0.6 is 0 Å². The molecule has 0 fully saturated rings. The normalized spacial score (nSPS) is 14.9. The van der Waals surface area contributed by atoms with Crippen LogP contribution in [0.5, 0.6) is 0 Å². The zero-order valence-corrected chi connectivity index (χ0v) is 15.7. The minimum absolute atomic E-state index is 0.0444. The van der Waals surface area contributed by atoms with Crippen LogP contribution in [0.15, 0.2) is 12.5 Å². The summed E-state index contributed by atoms with van der Waals surface area (Å²) >= 11 is 0. The van der Waals surface area contributed by atoms with Crippen LogP contribution in [0.25, 0.3) is 0 Å². The highest BCUT2D eigenvalue weighted by Gasteiger charge is 2.40. The van der Waals surface area contributed by atoms with E-state index >= 15 is 0 Å². The highest BCUT2D eigenvalue weighted by atomic mass is 16.4. The van der Waals surface area contributed by atoms with E-state index in [9.17, 15) is 19.5 Å². The maximum Gasteiger partial charge on any atom is 0.326 e. The predicted octanol–water partition coefficient (Wildman–Crippen LogP) is 0.117. The molecule has 0 radical (unpaired) electrons. The van der Waals surface area contributed by atoms with Gasteiger partial charge in [0, 0.05) is 12.6 Å². The lowest BCUT2D eigenvalue weighted by molar-refractivity contribution is -0.160. The lowest BCUT2D eigenvalue weighted by Crippen LogP contribution is -2.59. The Bertz CT molecular complexity index is 615. The number of carbonyl (C=O) groups is 3. The van der Waals surface area contributed by atoms with Crippen molar-refractivity contribution in [3.8, 4) is 0 Å². The van der Waals surface area contributed by atoms with Gasteiger partial charge < -0.3 is 21.6 Å². The second-order valence-corrected chi connectivity index (χ2v) is 7.17. The first-order chi connectivity index (χ1) is 12.1. The molecule has 3 atom stereocenters. The molecule has 1 heterocycles. The Morgan fingerprint density at radius 2 is 1.81 bits per heavy atom. The Labute approximate surface area is 153 Å². The van der Waals surface area contributed by atoms with Crippen LogP contribution in [0, 0.1) is 11.8 Å². The Morgan fingerprint density at radius 1 is 1.19 bits per heavy atom. The summed E-state index contributed by atoms with van der Waals surface area (Å²) < 4.78 is 0. The molecular formula is C17H29N5O4. The van der Waals surface area contributed by atoms with E-state index in [-0.39, 0.29) is 24.7 Å². The number of imidazole rings is 1. The molecule has 0 spiro atoms. The highest BCUT2D eigenvalue weighted by Crippen LogP contribution is 2.17. The van der Waals surface area contributed by atoms with Crippen molar-refractivity contribution in [1.82, 2.24) is 14.9 Å². The number of nitrogens with one attached hydrogen (secondary N) is 1. The van der Waals surface area contributed by atoms with Crippen molar-refractivity contribution in [3.63, 3.8) is 0 Å². The lowest BCUT2D eigenvalue weighted by atomic mass is 9.97. The minimum Gasteiger partial charge on any atom is -0.480 e. The molecule has 0 aromatic carbocycles. The van der Waals surface area contributed by atoms with E-state index in [4.69, 9.17) is 11.5 Å². The number of imide groups is 1. The number of hydrogen-bond acceptors (Lipinski definition) is 6. The molecule has 146 valence electrons. The number of hydrogen-bond donors (Lipinski definition) is 4. The molecule has 6 N–H and O–H groups in total. The summed E-state index contributed by atoms with van der Waals surface area (Å²) in [4.78, 5) is 45.0. The first-order valence-corrected chi connectivity index (χ1v) is 8.64. The van der Waals surface area contributed by atoms with Gasteiger partial charge in [-0.2, -0.15) is 0 Å². The summed E-state index contributed by atoms with van der Waals surface area (Å²) in [5.74, 6) is -3.05. The Balaban J connectivity index is 3.17. The smallest absolute Gasteiger partial charge is 0.326 e. The number of rotatable bonds is 9. The summed E-state index contributed by atoms with van der Waals surface area (Å²) in [5, 5.41) is 9.60. The molecule has 0 saturated carbocycles. The van der Waals surface area contributed by atoms with E-state index in [0.29, 0.717) is 5.69 Å². The number of aromatic amines is 1. The van der Waals surface area contributed by atoms with Crippen LogP contribution in [0.1, 0.15) is 39.8 Å². The Hall–Kier alpha value is -2.26. The molecule has 26 heavy (non-hydrogen) atoms. The SMILES string of the molecule is CC(C)CC(C(=O)O)N(C(=O)C(N)Cc1c[nH]cn1)C(=O)C(N)C(C)C. The average Bonchev–Trinajstić information content (AvgIpc) is 3.05. The van der Waals surface area contributed by atoms with Gasteiger partial charge in [-0.25, -0.2) is 9.78 Å². The summed E-state index contributed by atoms with van der Waals surface area (Å²) in [6, 6.07) is -3.41. The van der Waals surface area contributed by atoms with Gasteiger partial charge in [-0.05, 0) is 18.3 Å². The van der Waals surface area contributed by atoms with Crippen LogP contribution in [-0.2, 0) is 20.8 Å². The van der Waals surface area contributed by atoms with Gasteiger partial charge in [0.1, 0.15) is 6.04 Å². The molecule has 0 saturated heterocycles. The maximum atomic E-state index is 12.9. The number of carboxylic acids is 1. The molecule has 1 aromatic rings. The molecule has 1 rings (SSSR count). The molecule has 9 nitrogen and oxygen atoms in total. The molecule has 0 aliphatic heterocycles. The number of H-pyrrole nitrogens is 1.